The summed E-state index contributed by atoms with van der Waals surface area (Å²) in [6, 6.07) is 4.38. The second-order valence-corrected chi connectivity index (χ2v) is 6.69. The van der Waals surface area contributed by atoms with Gasteiger partial charge in [0.1, 0.15) is 0 Å². The smallest absolute Gasteiger partial charge is 0.321 e. The van der Waals surface area contributed by atoms with Crippen molar-refractivity contribution in [1.29, 1.82) is 0 Å². The topological polar surface area (TPSA) is 103 Å². The van der Waals surface area contributed by atoms with Crippen LogP contribution in [0.15, 0.2) is 18.2 Å². The molecule has 8 nitrogen and oxygen atoms in total. The predicted molar refractivity (Wildman–Crippen MR) is 95.2 cm³/mol. The van der Waals surface area contributed by atoms with Crippen molar-refractivity contribution in [1.82, 2.24) is 10.6 Å². The number of methoxy groups -OCH3 is 2. The molecule has 0 spiro atoms. The van der Waals surface area contributed by atoms with Crippen LogP contribution in [0.5, 0.6) is 11.5 Å². The van der Waals surface area contributed by atoms with E-state index in [2.05, 4.69) is 10.6 Å². The zero-order valence-electron chi connectivity index (χ0n) is 16.0. The van der Waals surface area contributed by atoms with E-state index in [4.69, 9.17) is 14.2 Å². The fourth-order valence-corrected chi connectivity index (χ4v) is 2.03. The van der Waals surface area contributed by atoms with Crippen LogP contribution >= 0.6 is 0 Å². The molecule has 8 heteroatoms. The lowest BCUT2D eigenvalue weighted by Gasteiger charge is -2.21. The molecule has 0 unspecified atom stereocenters. The van der Waals surface area contributed by atoms with Gasteiger partial charge in [-0.3, -0.25) is 14.9 Å². The summed E-state index contributed by atoms with van der Waals surface area (Å²) in [7, 11) is 3.01. The van der Waals surface area contributed by atoms with Crippen molar-refractivity contribution in [2.45, 2.75) is 45.8 Å². The molecule has 0 bridgehead atoms. The van der Waals surface area contributed by atoms with Crippen molar-refractivity contribution < 1.29 is 28.6 Å². The molecule has 3 amide bonds. The molecule has 1 atom stereocenters. The summed E-state index contributed by atoms with van der Waals surface area (Å²) in [6.07, 6.45) is -1.15. The summed E-state index contributed by atoms with van der Waals surface area (Å²) in [5.74, 6) is -0.270. The van der Waals surface area contributed by atoms with Crippen molar-refractivity contribution in [3.8, 4) is 11.5 Å². The normalized spacial score (nSPS) is 11.9. The van der Waals surface area contributed by atoms with E-state index in [0.717, 1.165) is 0 Å². The lowest BCUT2D eigenvalue weighted by atomic mass is 10.1. The first kappa shape index (κ1) is 21.3. The summed E-state index contributed by atoms with van der Waals surface area (Å²) >= 11 is 0. The summed E-state index contributed by atoms with van der Waals surface area (Å²) in [6.45, 7) is 6.74. The molecule has 0 radical (unpaired) electrons. The van der Waals surface area contributed by atoms with E-state index in [-0.39, 0.29) is 6.42 Å². The Labute approximate surface area is 153 Å². The summed E-state index contributed by atoms with van der Waals surface area (Å²) in [5, 5.41) is 4.72. The number of hydrogen-bond donors (Lipinski definition) is 2. The van der Waals surface area contributed by atoms with Gasteiger partial charge in [-0.05, 0) is 45.4 Å². The molecular formula is C18H26N2O6. The quantitative estimate of drug-likeness (QED) is 0.744. The first-order valence-corrected chi connectivity index (χ1v) is 8.09. The maximum absolute atomic E-state index is 12.0. The van der Waals surface area contributed by atoms with Gasteiger partial charge in [-0.25, -0.2) is 4.79 Å². The highest BCUT2D eigenvalue weighted by atomic mass is 16.5. The van der Waals surface area contributed by atoms with E-state index >= 15 is 0 Å². The summed E-state index contributed by atoms with van der Waals surface area (Å²) in [5.41, 5.74) is 0.156. The molecular weight excluding hydrogens is 340 g/mol. The van der Waals surface area contributed by atoms with Gasteiger partial charge >= 0.3 is 12.0 Å². The van der Waals surface area contributed by atoms with Crippen LogP contribution in [0.25, 0.3) is 0 Å². The van der Waals surface area contributed by atoms with E-state index in [9.17, 15) is 14.4 Å². The number of rotatable bonds is 6. The number of amides is 3. The molecule has 0 aliphatic rings. The van der Waals surface area contributed by atoms with Crippen LogP contribution in [-0.2, 0) is 20.7 Å². The fourth-order valence-electron chi connectivity index (χ4n) is 2.03. The van der Waals surface area contributed by atoms with Gasteiger partial charge in [0, 0.05) is 5.54 Å². The van der Waals surface area contributed by atoms with Crippen LogP contribution in [-0.4, -0.2) is 43.8 Å². The summed E-state index contributed by atoms with van der Waals surface area (Å²) < 4.78 is 15.4. The van der Waals surface area contributed by atoms with Crippen molar-refractivity contribution in [2.75, 3.05) is 14.2 Å². The SMILES string of the molecule is COc1ccc(CC(=O)O[C@@H](C)C(=O)NC(=O)NC(C)(C)C)cc1OC. The third kappa shape index (κ3) is 7.00. The van der Waals surface area contributed by atoms with Gasteiger partial charge in [-0.15, -0.1) is 0 Å². The Kier molecular flexibility index (Phi) is 7.42. The first-order valence-electron chi connectivity index (χ1n) is 8.09. The zero-order valence-corrected chi connectivity index (χ0v) is 16.0. The fraction of sp³-hybridized carbons (Fsp3) is 0.500. The molecule has 0 aliphatic carbocycles. The Bertz CT molecular complexity index is 666. The summed E-state index contributed by atoms with van der Waals surface area (Å²) in [4.78, 5) is 35.6. The maximum atomic E-state index is 12.0. The average Bonchev–Trinajstić information content (AvgIpc) is 2.52. The van der Waals surface area contributed by atoms with Gasteiger partial charge in [-0.1, -0.05) is 6.07 Å². The minimum atomic E-state index is -1.10. The molecule has 2 N–H and O–H groups in total. The van der Waals surface area contributed by atoms with Crippen molar-refractivity contribution >= 4 is 17.9 Å². The Balaban J connectivity index is 2.59. The lowest BCUT2D eigenvalue weighted by molar-refractivity contribution is -0.153. The molecule has 1 aromatic rings. The number of hydrogen-bond acceptors (Lipinski definition) is 6. The van der Waals surface area contributed by atoms with E-state index in [1.54, 1.807) is 39.0 Å². The van der Waals surface area contributed by atoms with Crippen LogP contribution in [0.1, 0.15) is 33.3 Å². The molecule has 144 valence electrons. The van der Waals surface area contributed by atoms with E-state index in [0.29, 0.717) is 17.1 Å². The molecule has 0 saturated heterocycles. The van der Waals surface area contributed by atoms with Gasteiger partial charge in [0.2, 0.25) is 0 Å². The highest BCUT2D eigenvalue weighted by Crippen LogP contribution is 2.27. The predicted octanol–water partition coefficient (Wildman–Crippen LogP) is 1.80. The minimum absolute atomic E-state index is 0.0494. The van der Waals surface area contributed by atoms with Gasteiger partial charge < -0.3 is 19.5 Å². The van der Waals surface area contributed by atoms with Crippen LogP contribution in [0.4, 0.5) is 4.79 Å². The third-order valence-electron chi connectivity index (χ3n) is 3.20. The Morgan fingerprint density at radius 2 is 1.69 bits per heavy atom. The number of carbonyl (C=O) groups is 3. The average molecular weight is 366 g/mol. The number of ether oxygens (including phenoxy) is 3. The molecule has 1 rings (SSSR count). The molecule has 0 aliphatic heterocycles. The highest BCUT2D eigenvalue weighted by molar-refractivity contribution is 5.97. The lowest BCUT2D eigenvalue weighted by Crippen LogP contribution is -2.50. The van der Waals surface area contributed by atoms with E-state index in [1.807, 2.05) is 0 Å². The molecule has 1 aromatic carbocycles. The van der Waals surface area contributed by atoms with Crippen molar-refractivity contribution in [3.05, 3.63) is 23.8 Å². The second-order valence-electron chi connectivity index (χ2n) is 6.69. The van der Waals surface area contributed by atoms with Gasteiger partial charge in [0.15, 0.2) is 17.6 Å². The Morgan fingerprint density at radius 1 is 1.08 bits per heavy atom. The third-order valence-corrected chi connectivity index (χ3v) is 3.20. The number of esters is 1. The largest absolute Gasteiger partial charge is 0.493 e. The molecule has 0 fully saturated rings. The Hall–Kier alpha value is -2.77. The monoisotopic (exact) mass is 366 g/mol. The van der Waals surface area contributed by atoms with E-state index < -0.39 is 29.6 Å². The Morgan fingerprint density at radius 3 is 2.23 bits per heavy atom. The van der Waals surface area contributed by atoms with Gasteiger partial charge in [0.25, 0.3) is 5.91 Å². The van der Waals surface area contributed by atoms with Gasteiger partial charge in [0.05, 0.1) is 20.6 Å². The van der Waals surface area contributed by atoms with E-state index in [1.165, 1.54) is 21.1 Å². The van der Waals surface area contributed by atoms with Crippen LogP contribution in [0.2, 0.25) is 0 Å². The number of benzene rings is 1. The minimum Gasteiger partial charge on any atom is -0.493 e. The molecule has 26 heavy (non-hydrogen) atoms. The molecule has 0 aromatic heterocycles. The zero-order chi connectivity index (χ0) is 19.9. The maximum Gasteiger partial charge on any atom is 0.321 e. The number of imide groups is 1. The standard InChI is InChI=1S/C18H26N2O6/c1-11(16(22)19-17(23)20-18(2,3)4)26-15(21)10-12-7-8-13(24-5)14(9-12)25-6/h7-9,11H,10H2,1-6H3,(H2,19,20,22,23)/t11-/m0/s1. The number of urea groups is 1. The highest BCUT2D eigenvalue weighted by Gasteiger charge is 2.22. The van der Waals surface area contributed by atoms with Crippen molar-refractivity contribution in [2.24, 2.45) is 0 Å². The van der Waals surface area contributed by atoms with Gasteiger partial charge in [-0.2, -0.15) is 0 Å². The number of nitrogens with one attached hydrogen (secondary N) is 2. The van der Waals surface area contributed by atoms with Crippen LogP contribution < -0.4 is 20.1 Å². The second kappa shape index (κ2) is 9.07. The van der Waals surface area contributed by atoms with Crippen LogP contribution in [0.3, 0.4) is 0 Å². The number of carbonyl (C=O) groups excluding carboxylic acids is 3. The molecule has 0 saturated carbocycles. The van der Waals surface area contributed by atoms with Crippen molar-refractivity contribution in [3.63, 3.8) is 0 Å². The molecule has 0 heterocycles. The first-order chi connectivity index (χ1) is 12.1. The van der Waals surface area contributed by atoms with Crippen LogP contribution in [0, 0.1) is 0 Å².